The van der Waals surface area contributed by atoms with Crippen LogP contribution in [0.15, 0.2) is 64.8 Å². The Morgan fingerprint density at radius 1 is 1.18 bits per heavy atom. The number of amides is 3. The maximum Gasteiger partial charge on any atom is 0.343 e. The summed E-state index contributed by atoms with van der Waals surface area (Å²) in [7, 11) is 0. The zero-order valence-electron chi connectivity index (χ0n) is 18.6. The van der Waals surface area contributed by atoms with Gasteiger partial charge in [-0.05, 0) is 43.7 Å². The monoisotopic (exact) mass is 478 g/mol. The molecule has 2 aliphatic heterocycles. The van der Waals surface area contributed by atoms with Gasteiger partial charge < -0.3 is 15.4 Å². The standard InChI is InChI=1S/C24H22N4O5S/c1-3-33-23(31)20-14(2)25-17-9-4-5-10-18(17)26-21(20)27-22(30)16-8-6-7-15(11-16)12-28-19(29)13-34-24(28)32/h4-11,25H,3,12-13H2,1-2H3,(H,26,27,30). The Morgan fingerprint density at radius 2 is 1.97 bits per heavy atom. The second kappa shape index (κ2) is 9.92. The van der Waals surface area contributed by atoms with E-state index in [1.807, 2.05) is 12.1 Å². The molecule has 2 N–H and O–H groups in total. The summed E-state index contributed by atoms with van der Waals surface area (Å²) in [5.74, 6) is -1.19. The lowest BCUT2D eigenvalue weighted by Crippen LogP contribution is -2.35. The molecule has 0 bridgehead atoms. The van der Waals surface area contributed by atoms with E-state index in [0.717, 1.165) is 16.7 Å². The van der Waals surface area contributed by atoms with Crippen LogP contribution in [0.25, 0.3) is 0 Å². The molecule has 2 aromatic rings. The summed E-state index contributed by atoms with van der Waals surface area (Å²) < 4.78 is 5.20. The second-order valence-corrected chi connectivity index (χ2v) is 8.44. The van der Waals surface area contributed by atoms with Crippen LogP contribution in [0, 0.1) is 0 Å². The molecule has 2 heterocycles. The number of hydrogen-bond donors (Lipinski definition) is 2. The molecule has 9 nitrogen and oxygen atoms in total. The molecule has 0 unspecified atom stereocenters. The van der Waals surface area contributed by atoms with Crippen LogP contribution in [0.4, 0.5) is 16.2 Å². The number of nitrogens with zero attached hydrogens (tertiary/aromatic N) is 2. The first kappa shape index (κ1) is 23.2. The number of allylic oxidation sites excluding steroid dienone is 1. The Morgan fingerprint density at radius 3 is 2.71 bits per heavy atom. The topological polar surface area (TPSA) is 117 Å². The summed E-state index contributed by atoms with van der Waals surface area (Å²) in [4.78, 5) is 55.4. The number of benzene rings is 2. The number of fused-ring (bicyclic) bond motifs is 1. The van der Waals surface area contributed by atoms with Gasteiger partial charge in [0.2, 0.25) is 5.91 Å². The summed E-state index contributed by atoms with van der Waals surface area (Å²) in [6, 6.07) is 13.8. The lowest BCUT2D eigenvalue weighted by atomic mass is 10.1. The quantitative estimate of drug-likeness (QED) is 0.631. The minimum atomic E-state index is -0.614. The van der Waals surface area contributed by atoms with E-state index in [1.165, 1.54) is 0 Å². The van der Waals surface area contributed by atoms with E-state index in [9.17, 15) is 19.2 Å². The Hall–Kier alpha value is -3.92. The van der Waals surface area contributed by atoms with Gasteiger partial charge in [-0.25, -0.2) is 9.79 Å². The number of amidine groups is 1. The molecular weight excluding hydrogens is 456 g/mol. The number of rotatable bonds is 5. The van der Waals surface area contributed by atoms with Crippen molar-refractivity contribution in [3.8, 4) is 0 Å². The van der Waals surface area contributed by atoms with Crippen LogP contribution in [0.2, 0.25) is 0 Å². The SMILES string of the molecule is CCOC(=O)C1=C(C)Nc2ccccc2N=C1NC(=O)c1cccc(CN2C(=O)CSC2=O)c1. The third kappa shape index (κ3) is 4.86. The van der Waals surface area contributed by atoms with Crippen LogP contribution in [-0.4, -0.2) is 46.1 Å². The Balaban J connectivity index is 1.63. The van der Waals surface area contributed by atoms with Crippen LogP contribution < -0.4 is 10.6 Å². The van der Waals surface area contributed by atoms with Gasteiger partial charge in [0.15, 0.2) is 0 Å². The molecule has 0 radical (unpaired) electrons. The van der Waals surface area contributed by atoms with E-state index in [1.54, 1.807) is 50.2 Å². The largest absolute Gasteiger partial charge is 0.462 e. The summed E-state index contributed by atoms with van der Waals surface area (Å²) in [6.07, 6.45) is 0. The predicted molar refractivity (Wildman–Crippen MR) is 129 cm³/mol. The molecular formula is C24H22N4O5S. The number of carbonyl (C=O) groups excluding carboxylic acids is 4. The van der Waals surface area contributed by atoms with Gasteiger partial charge in [0.25, 0.3) is 11.1 Å². The van der Waals surface area contributed by atoms with Crippen LogP contribution in [-0.2, 0) is 20.9 Å². The highest BCUT2D eigenvalue weighted by Gasteiger charge is 2.30. The van der Waals surface area contributed by atoms with Gasteiger partial charge in [0.05, 0.1) is 30.3 Å². The van der Waals surface area contributed by atoms with Crippen LogP contribution in [0.5, 0.6) is 0 Å². The molecule has 0 aromatic heterocycles. The van der Waals surface area contributed by atoms with Crippen molar-refractivity contribution in [3.63, 3.8) is 0 Å². The lowest BCUT2D eigenvalue weighted by molar-refractivity contribution is -0.138. The Labute approximate surface area is 200 Å². The maximum absolute atomic E-state index is 13.1. The fourth-order valence-corrected chi connectivity index (χ4v) is 4.27. The minimum absolute atomic E-state index is 0.0603. The molecule has 174 valence electrons. The number of nitrogens with one attached hydrogen (secondary N) is 2. The zero-order valence-corrected chi connectivity index (χ0v) is 19.4. The number of para-hydroxylation sites is 2. The molecule has 1 saturated heterocycles. The first-order valence-electron chi connectivity index (χ1n) is 10.6. The molecule has 0 saturated carbocycles. The van der Waals surface area contributed by atoms with Crippen molar-refractivity contribution < 1.29 is 23.9 Å². The fraction of sp³-hybridized carbons (Fsp3) is 0.208. The Kier molecular flexibility index (Phi) is 6.78. The molecule has 2 aromatic carbocycles. The van der Waals surface area contributed by atoms with E-state index < -0.39 is 11.9 Å². The number of imide groups is 1. The van der Waals surface area contributed by atoms with Crippen LogP contribution >= 0.6 is 11.8 Å². The predicted octanol–water partition coefficient (Wildman–Crippen LogP) is 3.60. The molecule has 0 spiro atoms. The molecule has 10 heteroatoms. The van der Waals surface area contributed by atoms with E-state index >= 15 is 0 Å². The molecule has 1 fully saturated rings. The molecule has 4 rings (SSSR count). The number of esters is 1. The first-order chi connectivity index (χ1) is 16.4. The molecule has 34 heavy (non-hydrogen) atoms. The van der Waals surface area contributed by atoms with Gasteiger partial charge in [-0.3, -0.25) is 19.3 Å². The van der Waals surface area contributed by atoms with Crippen molar-refractivity contribution in [3.05, 3.63) is 70.9 Å². The van der Waals surface area contributed by atoms with Gasteiger partial charge in [-0.15, -0.1) is 0 Å². The maximum atomic E-state index is 13.1. The average molecular weight is 479 g/mol. The lowest BCUT2D eigenvalue weighted by Gasteiger charge is -2.15. The van der Waals surface area contributed by atoms with Gasteiger partial charge in [0, 0.05) is 11.3 Å². The highest BCUT2D eigenvalue weighted by Crippen LogP contribution is 2.30. The number of carbonyl (C=O) groups is 4. The molecule has 2 aliphatic rings. The molecule has 0 atom stereocenters. The average Bonchev–Trinajstić information content (AvgIpc) is 3.04. The fourth-order valence-electron chi connectivity index (χ4n) is 3.55. The zero-order chi connectivity index (χ0) is 24.2. The van der Waals surface area contributed by atoms with Crippen molar-refractivity contribution in [2.45, 2.75) is 20.4 Å². The van der Waals surface area contributed by atoms with Crippen molar-refractivity contribution in [1.82, 2.24) is 10.2 Å². The van der Waals surface area contributed by atoms with Crippen LogP contribution in [0.1, 0.15) is 29.8 Å². The highest BCUT2D eigenvalue weighted by atomic mass is 32.2. The first-order valence-corrected chi connectivity index (χ1v) is 11.6. The van der Waals surface area contributed by atoms with Crippen molar-refractivity contribution in [1.29, 1.82) is 0 Å². The number of thioether (sulfide) groups is 1. The van der Waals surface area contributed by atoms with Gasteiger partial charge in [-0.1, -0.05) is 36.0 Å². The number of hydrogen-bond acceptors (Lipinski definition) is 8. The third-order valence-corrected chi connectivity index (χ3v) is 6.01. The smallest absolute Gasteiger partial charge is 0.343 e. The Bertz CT molecular complexity index is 1240. The van der Waals surface area contributed by atoms with E-state index in [4.69, 9.17) is 4.74 Å². The van der Waals surface area contributed by atoms with Gasteiger partial charge in [-0.2, -0.15) is 0 Å². The minimum Gasteiger partial charge on any atom is -0.462 e. The third-order valence-electron chi connectivity index (χ3n) is 5.15. The number of anilines is 1. The highest BCUT2D eigenvalue weighted by molar-refractivity contribution is 8.14. The van der Waals surface area contributed by atoms with E-state index in [2.05, 4.69) is 15.6 Å². The number of ether oxygens (including phenoxy) is 1. The number of aliphatic imine (C=N–C) groups is 1. The van der Waals surface area contributed by atoms with Crippen molar-refractivity contribution in [2.75, 3.05) is 17.7 Å². The summed E-state index contributed by atoms with van der Waals surface area (Å²) in [5, 5.41) is 5.58. The molecule has 0 aliphatic carbocycles. The van der Waals surface area contributed by atoms with Gasteiger partial charge in [0.1, 0.15) is 11.4 Å². The normalized spacial score (nSPS) is 15.4. The second-order valence-electron chi connectivity index (χ2n) is 7.51. The van der Waals surface area contributed by atoms with Crippen molar-refractivity contribution >= 4 is 52.0 Å². The summed E-state index contributed by atoms with van der Waals surface area (Å²) >= 11 is 0.958. The summed E-state index contributed by atoms with van der Waals surface area (Å²) in [6.45, 7) is 3.65. The summed E-state index contributed by atoms with van der Waals surface area (Å²) in [5.41, 5.74) is 2.76. The van der Waals surface area contributed by atoms with E-state index in [-0.39, 0.29) is 41.5 Å². The van der Waals surface area contributed by atoms with Crippen LogP contribution in [0.3, 0.4) is 0 Å². The van der Waals surface area contributed by atoms with Crippen molar-refractivity contribution in [2.24, 2.45) is 4.99 Å². The van der Waals surface area contributed by atoms with E-state index in [0.29, 0.717) is 28.2 Å². The van der Waals surface area contributed by atoms with Gasteiger partial charge >= 0.3 is 5.97 Å². The molecule has 3 amide bonds.